The Morgan fingerprint density at radius 2 is 2.00 bits per heavy atom. The van der Waals surface area contributed by atoms with Gasteiger partial charge in [-0.05, 0) is 63.7 Å². The Morgan fingerprint density at radius 1 is 1.37 bits per heavy atom. The molecular formula is C15H24BrN3. The summed E-state index contributed by atoms with van der Waals surface area (Å²) in [7, 11) is 4.40. The zero-order valence-corrected chi connectivity index (χ0v) is 13.7. The number of hydrogen-bond donors (Lipinski definition) is 1. The number of benzene rings is 1. The van der Waals surface area contributed by atoms with Crippen LogP contribution in [-0.4, -0.2) is 38.1 Å². The maximum atomic E-state index is 6.12. The molecule has 1 saturated heterocycles. The van der Waals surface area contributed by atoms with Crippen LogP contribution in [0.3, 0.4) is 0 Å². The van der Waals surface area contributed by atoms with E-state index >= 15 is 0 Å². The first kappa shape index (κ1) is 14.8. The molecule has 1 aromatic rings. The molecule has 1 aromatic carbocycles. The van der Waals surface area contributed by atoms with Crippen molar-refractivity contribution in [3.63, 3.8) is 0 Å². The number of halogens is 1. The van der Waals surface area contributed by atoms with Gasteiger partial charge in [-0.3, -0.25) is 0 Å². The second-order valence-corrected chi connectivity index (χ2v) is 6.55. The Bertz CT molecular complexity index is 425. The molecule has 2 rings (SSSR count). The minimum Gasteiger partial charge on any atom is -0.371 e. The van der Waals surface area contributed by atoms with Gasteiger partial charge in [-0.2, -0.15) is 0 Å². The lowest BCUT2D eigenvalue weighted by molar-refractivity contribution is 0.252. The summed E-state index contributed by atoms with van der Waals surface area (Å²) in [6, 6.07) is 7.11. The Morgan fingerprint density at radius 3 is 2.58 bits per heavy atom. The fourth-order valence-corrected chi connectivity index (χ4v) is 3.17. The van der Waals surface area contributed by atoms with E-state index in [0.717, 1.165) is 4.47 Å². The second kappa shape index (κ2) is 6.25. The molecule has 0 spiro atoms. The normalized spacial score (nSPS) is 19.4. The lowest BCUT2D eigenvalue weighted by Gasteiger charge is -2.37. The summed E-state index contributed by atoms with van der Waals surface area (Å²) in [5.74, 6) is 0. The summed E-state index contributed by atoms with van der Waals surface area (Å²) in [5.41, 5.74) is 8.61. The molecule has 106 valence electrons. The van der Waals surface area contributed by atoms with E-state index in [9.17, 15) is 0 Å². The van der Waals surface area contributed by atoms with Gasteiger partial charge in [-0.15, -0.1) is 0 Å². The van der Waals surface area contributed by atoms with E-state index in [1.807, 2.05) is 6.92 Å². The van der Waals surface area contributed by atoms with Crippen molar-refractivity contribution in [3.8, 4) is 0 Å². The van der Waals surface area contributed by atoms with Crippen molar-refractivity contribution in [2.24, 2.45) is 5.73 Å². The van der Waals surface area contributed by atoms with E-state index in [0.29, 0.717) is 6.04 Å². The van der Waals surface area contributed by atoms with Gasteiger partial charge in [-0.25, -0.2) is 0 Å². The second-order valence-electron chi connectivity index (χ2n) is 5.64. The fourth-order valence-electron chi connectivity index (χ4n) is 2.79. The van der Waals surface area contributed by atoms with E-state index in [1.165, 1.54) is 37.2 Å². The third-order valence-corrected chi connectivity index (χ3v) is 4.59. The number of likely N-dealkylation sites (tertiary alicyclic amines) is 1. The standard InChI is InChI=1S/C15H24BrN3/c1-11(17)14-10-12(16)4-5-15(14)19(3)13-6-8-18(2)9-7-13/h4-5,10-11,13H,6-9,17H2,1-3H3. The van der Waals surface area contributed by atoms with Gasteiger partial charge < -0.3 is 15.5 Å². The summed E-state index contributed by atoms with van der Waals surface area (Å²) < 4.78 is 1.10. The molecule has 1 atom stereocenters. The zero-order chi connectivity index (χ0) is 14.0. The van der Waals surface area contributed by atoms with Gasteiger partial charge in [0.2, 0.25) is 0 Å². The van der Waals surface area contributed by atoms with E-state index in [2.05, 4.69) is 58.0 Å². The maximum absolute atomic E-state index is 6.12. The van der Waals surface area contributed by atoms with Gasteiger partial charge >= 0.3 is 0 Å². The molecule has 1 unspecified atom stereocenters. The van der Waals surface area contributed by atoms with Crippen LogP contribution in [0.15, 0.2) is 22.7 Å². The van der Waals surface area contributed by atoms with Crippen LogP contribution >= 0.6 is 15.9 Å². The third kappa shape index (κ3) is 3.50. The van der Waals surface area contributed by atoms with Gasteiger partial charge in [0, 0.05) is 29.3 Å². The molecule has 0 amide bonds. The summed E-state index contributed by atoms with van der Waals surface area (Å²) in [6.07, 6.45) is 2.45. The van der Waals surface area contributed by atoms with Crippen LogP contribution in [0.4, 0.5) is 5.69 Å². The minimum absolute atomic E-state index is 0.0567. The van der Waals surface area contributed by atoms with Gasteiger partial charge in [0.1, 0.15) is 0 Å². The quantitative estimate of drug-likeness (QED) is 0.927. The fraction of sp³-hybridized carbons (Fsp3) is 0.600. The van der Waals surface area contributed by atoms with Gasteiger partial charge in [0.25, 0.3) is 0 Å². The molecule has 2 N–H and O–H groups in total. The highest BCUT2D eigenvalue weighted by Gasteiger charge is 2.22. The number of piperidine rings is 1. The predicted octanol–water partition coefficient (Wildman–Crippen LogP) is 3.00. The largest absolute Gasteiger partial charge is 0.371 e. The number of nitrogens with two attached hydrogens (primary N) is 1. The van der Waals surface area contributed by atoms with Gasteiger partial charge in [-0.1, -0.05) is 15.9 Å². The highest BCUT2D eigenvalue weighted by atomic mass is 79.9. The lowest BCUT2D eigenvalue weighted by atomic mass is 10.0. The molecule has 0 bridgehead atoms. The molecular weight excluding hydrogens is 302 g/mol. The molecule has 0 aliphatic carbocycles. The van der Waals surface area contributed by atoms with Crippen LogP contribution in [0.1, 0.15) is 31.4 Å². The van der Waals surface area contributed by atoms with Crippen molar-refractivity contribution >= 4 is 21.6 Å². The van der Waals surface area contributed by atoms with E-state index in [4.69, 9.17) is 5.73 Å². The molecule has 4 heteroatoms. The summed E-state index contributed by atoms with van der Waals surface area (Å²) in [6.45, 7) is 4.41. The van der Waals surface area contributed by atoms with Crippen molar-refractivity contribution in [1.82, 2.24) is 4.90 Å². The van der Waals surface area contributed by atoms with Gasteiger partial charge in [0.05, 0.1) is 0 Å². The third-order valence-electron chi connectivity index (χ3n) is 4.10. The zero-order valence-electron chi connectivity index (χ0n) is 12.1. The maximum Gasteiger partial charge on any atom is 0.0415 e. The molecule has 0 saturated carbocycles. The average Bonchev–Trinajstić information content (AvgIpc) is 2.38. The van der Waals surface area contributed by atoms with E-state index < -0.39 is 0 Å². The molecule has 0 aromatic heterocycles. The smallest absolute Gasteiger partial charge is 0.0415 e. The van der Waals surface area contributed by atoms with Crippen LogP contribution in [0.2, 0.25) is 0 Å². The molecule has 1 heterocycles. The molecule has 1 aliphatic heterocycles. The van der Waals surface area contributed by atoms with E-state index in [-0.39, 0.29) is 6.04 Å². The highest BCUT2D eigenvalue weighted by molar-refractivity contribution is 9.10. The van der Waals surface area contributed by atoms with Crippen molar-refractivity contribution in [2.45, 2.75) is 31.8 Å². The van der Waals surface area contributed by atoms with Crippen molar-refractivity contribution in [3.05, 3.63) is 28.2 Å². The molecule has 0 radical (unpaired) electrons. The average molecular weight is 326 g/mol. The number of rotatable bonds is 3. The summed E-state index contributed by atoms with van der Waals surface area (Å²) in [5, 5.41) is 0. The monoisotopic (exact) mass is 325 g/mol. The Hall–Kier alpha value is -0.580. The first-order chi connectivity index (χ1) is 8.99. The van der Waals surface area contributed by atoms with Crippen LogP contribution in [0.5, 0.6) is 0 Å². The number of hydrogen-bond acceptors (Lipinski definition) is 3. The first-order valence-electron chi connectivity index (χ1n) is 6.95. The molecule has 1 aliphatic rings. The minimum atomic E-state index is 0.0567. The van der Waals surface area contributed by atoms with Crippen LogP contribution in [0.25, 0.3) is 0 Å². The summed E-state index contributed by atoms with van der Waals surface area (Å²) in [4.78, 5) is 4.82. The number of nitrogens with zero attached hydrogens (tertiary/aromatic N) is 2. The topological polar surface area (TPSA) is 32.5 Å². The Balaban J connectivity index is 2.21. The Kier molecular flexibility index (Phi) is 4.87. The van der Waals surface area contributed by atoms with E-state index in [1.54, 1.807) is 0 Å². The van der Waals surface area contributed by atoms with Crippen LogP contribution in [0, 0.1) is 0 Å². The molecule has 1 fully saturated rings. The molecule has 3 nitrogen and oxygen atoms in total. The summed E-state index contributed by atoms with van der Waals surface area (Å²) >= 11 is 3.54. The van der Waals surface area contributed by atoms with Crippen molar-refractivity contribution in [2.75, 3.05) is 32.1 Å². The van der Waals surface area contributed by atoms with Crippen LogP contribution < -0.4 is 10.6 Å². The van der Waals surface area contributed by atoms with Gasteiger partial charge in [0.15, 0.2) is 0 Å². The van der Waals surface area contributed by atoms with Crippen molar-refractivity contribution in [1.29, 1.82) is 0 Å². The molecule has 19 heavy (non-hydrogen) atoms. The lowest BCUT2D eigenvalue weighted by Crippen LogP contribution is -2.42. The highest BCUT2D eigenvalue weighted by Crippen LogP contribution is 2.30. The Labute approximate surface area is 124 Å². The number of anilines is 1. The SMILES string of the molecule is CC(N)c1cc(Br)ccc1N(C)C1CCN(C)CC1. The predicted molar refractivity (Wildman–Crippen MR) is 85.7 cm³/mol. The van der Waals surface area contributed by atoms with Crippen LogP contribution in [-0.2, 0) is 0 Å². The first-order valence-corrected chi connectivity index (χ1v) is 7.74. The van der Waals surface area contributed by atoms with Crippen molar-refractivity contribution < 1.29 is 0 Å².